The molecule has 4 nitrogen and oxygen atoms in total. The van der Waals surface area contributed by atoms with Crippen LogP contribution in [0.5, 0.6) is 11.5 Å². The molecule has 0 aliphatic carbocycles. The van der Waals surface area contributed by atoms with Crippen LogP contribution < -0.4 is 14.4 Å². The van der Waals surface area contributed by atoms with Crippen LogP contribution in [0, 0.1) is 0 Å². The Morgan fingerprint density at radius 3 is 2.03 bits per heavy atom. The largest absolute Gasteiger partial charge is 0.489 e. The third-order valence-electron chi connectivity index (χ3n) is 5.97. The Hall–Kier alpha value is -3.87. The summed E-state index contributed by atoms with van der Waals surface area (Å²) in [6, 6.07) is 35.1. The highest BCUT2D eigenvalue weighted by atomic mass is 79.9. The van der Waals surface area contributed by atoms with E-state index in [-0.39, 0.29) is 5.91 Å². The minimum atomic E-state index is -0.142. The van der Waals surface area contributed by atoms with Crippen LogP contribution in [0.1, 0.15) is 27.0 Å². The van der Waals surface area contributed by atoms with Crippen molar-refractivity contribution < 1.29 is 14.3 Å². The molecule has 5 rings (SSSR count). The maximum atomic E-state index is 14.1. The van der Waals surface area contributed by atoms with Gasteiger partial charge in [0.1, 0.15) is 24.7 Å². The first-order valence-corrected chi connectivity index (χ1v) is 14.0. The van der Waals surface area contributed by atoms with Gasteiger partial charge in [0.05, 0.1) is 12.1 Å². The third-order valence-corrected chi connectivity index (χ3v) is 7.23. The number of anilines is 1. The Kier molecular flexibility index (Phi) is 8.53. The smallest absolute Gasteiger partial charge is 0.262 e. The molecule has 0 unspecified atom stereocenters. The molecular formula is C32H26BrNO3S. The van der Waals surface area contributed by atoms with Gasteiger partial charge in [-0.15, -0.1) is 0 Å². The molecule has 0 N–H and O–H groups in total. The number of nitrogens with zero attached hydrogens (tertiary/aromatic N) is 1. The number of halogens is 1. The van der Waals surface area contributed by atoms with Gasteiger partial charge in [0.2, 0.25) is 0 Å². The Bertz CT molecular complexity index is 1460. The standard InChI is InChI=1S/C32H26BrNO3S/c33-27-11-13-28(14-12-27)34(20-26-17-18-38-23-26)32(35)30-16-15-29(36-21-24-7-3-1-4-8-24)19-31(30)37-22-25-9-5-2-6-10-25/h1-19,23H,20-22H2. The second-order valence-corrected chi connectivity index (χ2v) is 10.4. The third kappa shape index (κ3) is 6.71. The van der Waals surface area contributed by atoms with Gasteiger partial charge in [-0.05, 0) is 69.9 Å². The van der Waals surface area contributed by atoms with E-state index in [4.69, 9.17) is 9.47 Å². The van der Waals surface area contributed by atoms with E-state index in [1.54, 1.807) is 22.3 Å². The number of hydrogen-bond donors (Lipinski definition) is 0. The van der Waals surface area contributed by atoms with Crippen molar-refractivity contribution in [1.29, 1.82) is 0 Å². The van der Waals surface area contributed by atoms with Gasteiger partial charge in [-0.3, -0.25) is 4.79 Å². The molecule has 1 amide bonds. The average Bonchev–Trinajstić information content (AvgIpc) is 3.48. The highest BCUT2D eigenvalue weighted by molar-refractivity contribution is 9.10. The first-order chi connectivity index (χ1) is 18.7. The van der Waals surface area contributed by atoms with Crippen LogP contribution in [-0.2, 0) is 19.8 Å². The first-order valence-electron chi connectivity index (χ1n) is 12.2. The lowest BCUT2D eigenvalue weighted by molar-refractivity contribution is 0.0980. The molecule has 0 bridgehead atoms. The summed E-state index contributed by atoms with van der Waals surface area (Å²) in [7, 11) is 0. The predicted octanol–water partition coefficient (Wildman–Crippen LogP) is 8.52. The zero-order chi connectivity index (χ0) is 26.2. The van der Waals surface area contributed by atoms with Gasteiger partial charge < -0.3 is 14.4 Å². The van der Waals surface area contributed by atoms with E-state index < -0.39 is 0 Å². The van der Waals surface area contributed by atoms with Gasteiger partial charge in [-0.2, -0.15) is 11.3 Å². The van der Waals surface area contributed by atoms with Gasteiger partial charge >= 0.3 is 0 Å². The van der Waals surface area contributed by atoms with Crippen LogP contribution in [0.3, 0.4) is 0 Å². The summed E-state index contributed by atoms with van der Waals surface area (Å²) in [5, 5.41) is 4.08. The van der Waals surface area contributed by atoms with Crippen LogP contribution in [-0.4, -0.2) is 5.91 Å². The molecule has 190 valence electrons. The molecule has 0 aliphatic heterocycles. The zero-order valence-electron chi connectivity index (χ0n) is 20.6. The average molecular weight is 585 g/mol. The van der Waals surface area contributed by atoms with Gasteiger partial charge in [0, 0.05) is 16.2 Å². The molecule has 0 radical (unpaired) electrons. The summed E-state index contributed by atoms with van der Waals surface area (Å²) in [6.45, 7) is 1.22. The van der Waals surface area contributed by atoms with E-state index in [9.17, 15) is 4.79 Å². The fraction of sp³-hybridized carbons (Fsp3) is 0.0938. The molecule has 0 fully saturated rings. The van der Waals surface area contributed by atoms with Crippen LogP contribution in [0.4, 0.5) is 5.69 Å². The lowest BCUT2D eigenvalue weighted by Crippen LogP contribution is -2.30. The van der Waals surface area contributed by atoms with Crippen LogP contribution >= 0.6 is 27.3 Å². The lowest BCUT2D eigenvalue weighted by atomic mass is 10.1. The number of thiophene rings is 1. The molecular weight excluding hydrogens is 558 g/mol. The second kappa shape index (κ2) is 12.6. The van der Waals surface area contributed by atoms with Gasteiger partial charge in [0.25, 0.3) is 5.91 Å². The molecule has 1 aromatic heterocycles. The summed E-state index contributed by atoms with van der Waals surface area (Å²) >= 11 is 5.11. The molecule has 0 atom stereocenters. The zero-order valence-corrected chi connectivity index (χ0v) is 23.0. The highest BCUT2D eigenvalue weighted by Gasteiger charge is 2.23. The van der Waals surface area contributed by atoms with Gasteiger partial charge in [-0.1, -0.05) is 76.6 Å². The van der Waals surface area contributed by atoms with E-state index in [0.29, 0.717) is 36.8 Å². The summed E-state index contributed by atoms with van der Waals surface area (Å²) in [5.41, 5.74) is 4.44. The second-order valence-electron chi connectivity index (χ2n) is 8.71. The molecule has 4 aromatic carbocycles. The Balaban J connectivity index is 1.46. The minimum absolute atomic E-state index is 0.142. The molecule has 1 heterocycles. The van der Waals surface area contributed by atoms with Crippen LogP contribution in [0.25, 0.3) is 0 Å². The SMILES string of the molecule is O=C(c1ccc(OCc2ccccc2)cc1OCc1ccccc1)N(Cc1ccsc1)c1ccc(Br)cc1. The Morgan fingerprint density at radius 2 is 1.39 bits per heavy atom. The monoisotopic (exact) mass is 583 g/mol. The maximum Gasteiger partial charge on any atom is 0.262 e. The van der Waals surface area contributed by atoms with Crippen molar-refractivity contribution in [3.05, 3.63) is 147 Å². The number of amides is 1. The fourth-order valence-corrected chi connectivity index (χ4v) is 4.90. The van der Waals surface area contributed by atoms with E-state index in [0.717, 1.165) is 26.9 Å². The number of carbonyl (C=O) groups is 1. The number of benzene rings is 4. The normalized spacial score (nSPS) is 10.7. The Morgan fingerprint density at radius 1 is 0.737 bits per heavy atom. The van der Waals surface area contributed by atoms with Crippen molar-refractivity contribution in [3.63, 3.8) is 0 Å². The molecule has 0 aliphatic rings. The predicted molar refractivity (Wildman–Crippen MR) is 157 cm³/mol. The van der Waals surface area contributed by atoms with Crippen molar-refractivity contribution >= 4 is 38.9 Å². The van der Waals surface area contributed by atoms with Crippen LogP contribution in [0.15, 0.2) is 124 Å². The van der Waals surface area contributed by atoms with Gasteiger partial charge in [-0.25, -0.2) is 0 Å². The summed E-state index contributed by atoms with van der Waals surface area (Å²) in [4.78, 5) is 15.9. The number of carbonyl (C=O) groups excluding carboxylic acids is 1. The summed E-state index contributed by atoms with van der Waals surface area (Å²) < 4.78 is 13.3. The fourth-order valence-electron chi connectivity index (χ4n) is 3.98. The summed E-state index contributed by atoms with van der Waals surface area (Å²) in [6.07, 6.45) is 0. The highest BCUT2D eigenvalue weighted by Crippen LogP contribution is 2.31. The molecule has 38 heavy (non-hydrogen) atoms. The van der Waals surface area contributed by atoms with Crippen molar-refractivity contribution in [1.82, 2.24) is 0 Å². The van der Waals surface area contributed by atoms with Crippen molar-refractivity contribution in [2.75, 3.05) is 4.90 Å². The molecule has 0 saturated carbocycles. The quantitative estimate of drug-likeness (QED) is 0.165. The van der Waals surface area contributed by atoms with E-state index in [1.165, 1.54) is 0 Å². The van der Waals surface area contributed by atoms with E-state index in [1.807, 2.05) is 109 Å². The van der Waals surface area contributed by atoms with Crippen molar-refractivity contribution in [3.8, 4) is 11.5 Å². The Labute approximate surface area is 235 Å². The maximum absolute atomic E-state index is 14.1. The molecule has 5 aromatic rings. The summed E-state index contributed by atoms with van der Waals surface area (Å²) in [5.74, 6) is 0.981. The first kappa shape index (κ1) is 25.8. The van der Waals surface area contributed by atoms with E-state index >= 15 is 0 Å². The van der Waals surface area contributed by atoms with Crippen LogP contribution in [0.2, 0.25) is 0 Å². The lowest BCUT2D eigenvalue weighted by Gasteiger charge is -2.24. The molecule has 0 saturated heterocycles. The topological polar surface area (TPSA) is 38.8 Å². The number of hydrogen-bond acceptors (Lipinski definition) is 4. The minimum Gasteiger partial charge on any atom is -0.489 e. The van der Waals surface area contributed by atoms with Crippen molar-refractivity contribution in [2.45, 2.75) is 19.8 Å². The van der Waals surface area contributed by atoms with E-state index in [2.05, 4.69) is 21.3 Å². The number of ether oxygens (including phenoxy) is 2. The number of rotatable bonds is 10. The molecule has 6 heteroatoms. The van der Waals surface area contributed by atoms with Crippen molar-refractivity contribution in [2.24, 2.45) is 0 Å². The van der Waals surface area contributed by atoms with Gasteiger partial charge in [0.15, 0.2) is 0 Å². The molecule has 0 spiro atoms.